The van der Waals surface area contributed by atoms with Gasteiger partial charge in [0.05, 0.1) is 39.1 Å². The Morgan fingerprint density at radius 3 is 2.08 bits per heavy atom. The van der Waals surface area contributed by atoms with Crippen LogP contribution in [0.2, 0.25) is 0 Å². The predicted octanol–water partition coefficient (Wildman–Crippen LogP) is 9.06. The average Bonchev–Trinajstić information content (AvgIpc) is 3.55. The standard InChI is InChI=1S/C35H22N4/c1-2-12-24(13-3-1)37-29-18-8-9-19-30(29)39-34-27(16-10-20-32(34)37)36-35(39)38-28-17-7-6-15-26(28)33-25-14-5-4-11-23(25)21-22-31(33)38/h1-22H. The fourth-order valence-corrected chi connectivity index (χ4v) is 6.44. The minimum absolute atomic E-state index is 0.902. The summed E-state index contributed by atoms with van der Waals surface area (Å²) in [7, 11) is 0. The molecule has 2 aromatic heterocycles. The topological polar surface area (TPSA) is 26.0 Å². The molecule has 182 valence electrons. The molecule has 4 heteroatoms. The van der Waals surface area contributed by atoms with Gasteiger partial charge in [-0.1, -0.05) is 84.9 Å². The van der Waals surface area contributed by atoms with E-state index in [-0.39, 0.29) is 0 Å². The van der Waals surface area contributed by atoms with E-state index in [0.717, 1.165) is 50.8 Å². The Balaban J connectivity index is 1.46. The summed E-state index contributed by atoms with van der Waals surface area (Å²) in [5, 5.41) is 5.00. The Bertz CT molecular complexity index is 2240. The molecule has 4 nitrogen and oxygen atoms in total. The monoisotopic (exact) mass is 498 g/mol. The van der Waals surface area contributed by atoms with Crippen molar-refractivity contribution in [2.75, 3.05) is 4.90 Å². The molecule has 0 saturated carbocycles. The van der Waals surface area contributed by atoms with Crippen molar-refractivity contribution in [1.29, 1.82) is 0 Å². The van der Waals surface area contributed by atoms with E-state index in [4.69, 9.17) is 4.98 Å². The molecule has 1 aliphatic rings. The number of nitrogens with zero attached hydrogens (tertiary/aromatic N) is 4. The van der Waals surface area contributed by atoms with Crippen molar-refractivity contribution in [3.05, 3.63) is 133 Å². The highest BCUT2D eigenvalue weighted by Crippen LogP contribution is 2.48. The van der Waals surface area contributed by atoms with E-state index in [1.807, 2.05) is 0 Å². The molecule has 3 heterocycles. The SMILES string of the molecule is c1ccc(N2c3ccccc3-n3c(-n4c5ccccc5c5c6ccccc6ccc54)nc4cccc2c43)cc1. The Morgan fingerprint density at radius 2 is 1.18 bits per heavy atom. The van der Waals surface area contributed by atoms with Crippen LogP contribution in [0.5, 0.6) is 0 Å². The van der Waals surface area contributed by atoms with E-state index in [1.165, 1.54) is 21.5 Å². The number of hydrogen-bond donors (Lipinski definition) is 0. The summed E-state index contributed by atoms with van der Waals surface area (Å²) in [5.41, 5.74) is 8.91. The third kappa shape index (κ3) is 2.70. The van der Waals surface area contributed by atoms with Crippen LogP contribution in [0.3, 0.4) is 0 Å². The molecule has 0 atom stereocenters. The molecule has 8 aromatic rings. The molecule has 0 saturated heterocycles. The Kier molecular flexibility index (Phi) is 4.02. The first-order chi connectivity index (χ1) is 19.4. The van der Waals surface area contributed by atoms with Crippen LogP contribution in [0.1, 0.15) is 0 Å². The lowest BCUT2D eigenvalue weighted by Gasteiger charge is -2.32. The fourth-order valence-electron chi connectivity index (χ4n) is 6.44. The van der Waals surface area contributed by atoms with Gasteiger partial charge in [-0.2, -0.15) is 0 Å². The van der Waals surface area contributed by atoms with Crippen molar-refractivity contribution in [3.8, 4) is 11.6 Å². The van der Waals surface area contributed by atoms with Crippen molar-refractivity contribution < 1.29 is 0 Å². The largest absolute Gasteiger partial charge is 0.306 e. The van der Waals surface area contributed by atoms with E-state index >= 15 is 0 Å². The van der Waals surface area contributed by atoms with Crippen LogP contribution in [0.15, 0.2) is 133 Å². The van der Waals surface area contributed by atoms with Crippen molar-refractivity contribution in [2.24, 2.45) is 0 Å². The molecule has 1 aliphatic heterocycles. The van der Waals surface area contributed by atoms with Crippen LogP contribution in [0, 0.1) is 0 Å². The van der Waals surface area contributed by atoms with E-state index in [2.05, 4.69) is 147 Å². The maximum atomic E-state index is 5.33. The third-order valence-electron chi connectivity index (χ3n) is 8.02. The molecule has 39 heavy (non-hydrogen) atoms. The van der Waals surface area contributed by atoms with E-state index in [9.17, 15) is 0 Å². The summed E-state index contributed by atoms with van der Waals surface area (Å²) < 4.78 is 4.69. The van der Waals surface area contributed by atoms with Crippen LogP contribution < -0.4 is 4.90 Å². The van der Waals surface area contributed by atoms with Gasteiger partial charge in [0.25, 0.3) is 0 Å². The van der Waals surface area contributed by atoms with Gasteiger partial charge in [0.15, 0.2) is 0 Å². The van der Waals surface area contributed by atoms with Gasteiger partial charge in [0.2, 0.25) is 5.95 Å². The molecule has 6 aromatic carbocycles. The smallest absolute Gasteiger partial charge is 0.220 e. The summed E-state index contributed by atoms with van der Waals surface area (Å²) in [4.78, 5) is 7.68. The summed E-state index contributed by atoms with van der Waals surface area (Å²) in [6, 6.07) is 47.5. The maximum Gasteiger partial charge on any atom is 0.220 e. The Labute approximate surface area is 224 Å². The molecule has 0 bridgehead atoms. The lowest BCUT2D eigenvalue weighted by Crippen LogP contribution is -2.19. The number of rotatable bonds is 2. The first kappa shape index (κ1) is 20.7. The lowest BCUT2D eigenvalue weighted by molar-refractivity contribution is 0.945. The zero-order valence-electron chi connectivity index (χ0n) is 21.0. The van der Waals surface area contributed by atoms with Gasteiger partial charge in [0, 0.05) is 16.5 Å². The molecule has 0 spiro atoms. The average molecular weight is 499 g/mol. The minimum Gasteiger partial charge on any atom is -0.306 e. The maximum absolute atomic E-state index is 5.33. The number of fused-ring (bicyclic) bond motifs is 7. The number of anilines is 3. The van der Waals surface area contributed by atoms with Crippen LogP contribution >= 0.6 is 0 Å². The summed E-state index contributed by atoms with van der Waals surface area (Å²) in [6.45, 7) is 0. The van der Waals surface area contributed by atoms with Gasteiger partial charge >= 0.3 is 0 Å². The molecule has 0 radical (unpaired) electrons. The van der Waals surface area contributed by atoms with Crippen LogP contribution in [0.4, 0.5) is 17.1 Å². The van der Waals surface area contributed by atoms with Crippen LogP contribution in [0.25, 0.3) is 55.2 Å². The summed E-state index contributed by atoms with van der Waals surface area (Å²) in [6.07, 6.45) is 0. The van der Waals surface area contributed by atoms with Crippen LogP contribution in [-0.2, 0) is 0 Å². The Hall–Kier alpha value is -5.35. The van der Waals surface area contributed by atoms with Gasteiger partial charge in [-0.05, 0) is 59.3 Å². The molecular formula is C35H22N4. The van der Waals surface area contributed by atoms with Crippen molar-refractivity contribution in [1.82, 2.24) is 14.1 Å². The molecular weight excluding hydrogens is 476 g/mol. The highest BCUT2D eigenvalue weighted by Gasteiger charge is 2.30. The number of imidazole rings is 1. The predicted molar refractivity (Wildman–Crippen MR) is 161 cm³/mol. The van der Waals surface area contributed by atoms with Crippen molar-refractivity contribution in [2.45, 2.75) is 0 Å². The van der Waals surface area contributed by atoms with E-state index in [1.54, 1.807) is 0 Å². The summed E-state index contributed by atoms with van der Waals surface area (Å²) in [5.74, 6) is 0.902. The first-order valence-electron chi connectivity index (χ1n) is 13.3. The highest BCUT2D eigenvalue weighted by atomic mass is 15.3. The van der Waals surface area contributed by atoms with Gasteiger partial charge in [-0.3, -0.25) is 9.13 Å². The minimum atomic E-state index is 0.902. The van der Waals surface area contributed by atoms with Gasteiger partial charge in [0.1, 0.15) is 0 Å². The fraction of sp³-hybridized carbons (Fsp3) is 0. The highest BCUT2D eigenvalue weighted by molar-refractivity contribution is 6.21. The molecule has 0 amide bonds. The normalized spacial score (nSPS) is 12.6. The summed E-state index contributed by atoms with van der Waals surface area (Å²) >= 11 is 0. The van der Waals surface area contributed by atoms with Crippen molar-refractivity contribution >= 4 is 60.7 Å². The molecule has 0 unspecified atom stereocenters. The van der Waals surface area contributed by atoms with Crippen molar-refractivity contribution in [3.63, 3.8) is 0 Å². The molecule has 0 aliphatic carbocycles. The molecule has 0 fully saturated rings. The zero-order chi connectivity index (χ0) is 25.5. The number of hydrogen-bond acceptors (Lipinski definition) is 2. The lowest BCUT2D eigenvalue weighted by atomic mass is 10.0. The molecule has 9 rings (SSSR count). The van der Waals surface area contributed by atoms with Gasteiger partial charge < -0.3 is 4.90 Å². The third-order valence-corrected chi connectivity index (χ3v) is 8.02. The van der Waals surface area contributed by atoms with Gasteiger partial charge in [-0.25, -0.2) is 4.98 Å². The first-order valence-corrected chi connectivity index (χ1v) is 13.3. The second kappa shape index (κ2) is 7.59. The number of benzene rings is 6. The number of para-hydroxylation sites is 5. The number of aromatic nitrogens is 3. The molecule has 0 N–H and O–H groups in total. The second-order valence-electron chi connectivity index (χ2n) is 10.1. The second-order valence-corrected chi connectivity index (χ2v) is 10.1. The van der Waals surface area contributed by atoms with Gasteiger partial charge in [-0.15, -0.1) is 0 Å². The van der Waals surface area contributed by atoms with Crippen LogP contribution in [-0.4, -0.2) is 14.1 Å². The zero-order valence-corrected chi connectivity index (χ0v) is 21.0. The quantitative estimate of drug-likeness (QED) is 0.238. The Morgan fingerprint density at radius 1 is 0.462 bits per heavy atom. The van der Waals surface area contributed by atoms with E-state index in [0.29, 0.717) is 0 Å². The van der Waals surface area contributed by atoms with E-state index < -0.39 is 0 Å².